The van der Waals surface area contributed by atoms with Gasteiger partial charge in [-0.05, 0) is 6.07 Å². The van der Waals surface area contributed by atoms with Crippen molar-refractivity contribution in [3.8, 4) is 0 Å². The molecule has 9 heteroatoms. The highest BCUT2D eigenvalue weighted by Crippen LogP contribution is 1.95. The van der Waals surface area contributed by atoms with Crippen LogP contribution in [0.1, 0.15) is 10.4 Å². The largest absolute Gasteiger partial charge is 0.465 e. The van der Waals surface area contributed by atoms with Gasteiger partial charge in [-0.3, -0.25) is 4.84 Å². The predicted octanol–water partition coefficient (Wildman–Crippen LogP) is -4.94. The maximum absolute atomic E-state index is 11.0. The molecule has 0 bridgehead atoms. The van der Waals surface area contributed by atoms with E-state index in [0.717, 1.165) is 0 Å². The monoisotopic (exact) mass is 267 g/mol. The highest BCUT2D eigenvalue weighted by molar-refractivity contribution is 5.88. The molecule has 1 aromatic rings. The minimum Gasteiger partial charge on any atom is -0.465 e. The van der Waals surface area contributed by atoms with Crippen LogP contribution in [-0.2, 0) is 4.74 Å². The van der Waals surface area contributed by atoms with Gasteiger partial charge in [-0.2, -0.15) is 0 Å². The van der Waals surface area contributed by atoms with Crippen molar-refractivity contribution in [2.24, 2.45) is 0 Å². The van der Waals surface area contributed by atoms with E-state index in [1.807, 2.05) is 0 Å². The molecule has 0 atom stereocenters. The van der Waals surface area contributed by atoms with Gasteiger partial charge in [0.2, 0.25) is 12.4 Å². The SMILES string of the molecule is COC(=O)c1ccc[n+](OC)c1.[O-][Cl+3]([O-])([O-])[O-]. The number of ether oxygens (including phenoxy) is 1. The smallest absolute Gasteiger partial charge is 0.344 e. The highest BCUT2D eigenvalue weighted by Gasteiger charge is 2.10. The zero-order valence-corrected chi connectivity index (χ0v) is 9.75. The molecular formula is C8H10ClNO7. The van der Waals surface area contributed by atoms with Crippen molar-refractivity contribution in [1.82, 2.24) is 0 Å². The van der Waals surface area contributed by atoms with Crippen LogP contribution in [0.4, 0.5) is 0 Å². The Labute approximate surface area is 98.9 Å². The Hall–Kier alpha value is -1.45. The van der Waals surface area contributed by atoms with Crippen molar-refractivity contribution in [1.29, 1.82) is 0 Å². The summed E-state index contributed by atoms with van der Waals surface area (Å²) in [6.07, 6.45) is 3.23. The lowest BCUT2D eigenvalue weighted by Crippen LogP contribution is -2.68. The third-order valence-electron chi connectivity index (χ3n) is 1.41. The van der Waals surface area contributed by atoms with Crippen LogP contribution in [-0.4, -0.2) is 20.2 Å². The summed E-state index contributed by atoms with van der Waals surface area (Å²) in [7, 11) is -2.09. The predicted molar refractivity (Wildman–Crippen MR) is 40.5 cm³/mol. The number of aromatic nitrogens is 1. The van der Waals surface area contributed by atoms with Gasteiger partial charge >= 0.3 is 5.97 Å². The first kappa shape index (κ1) is 15.6. The van der Waals surface area contributed by atoms with Gasteiger partial charge in [-0.15, -0.1) is 10.2 Å². The van der Waals surface area contributed by atoms with E-state index in [-0.39, 0.29) is 5.97 Å². The molecule has 0 N–H and O–H groups in total. The Kier molecular flexibility index (Phi) is 6.39. The topological polar surface area (TPSA) is 132 Å². The average Bonchev–Trinajstić information content (AvgIpc) is 2.26. The molecule has 0 saturated carbocycles. The van der Waals surface area contributed by atoms with Crippen LogP contribution in [0, 0.1) is 10.2 Å². The number of halogens is 1. The van der Waals surface area contributed by atoms with Crippen molar-refractivity contribution in [2.75, 3.05) is 14.2 Å². The Morgan fingerprint density at radius 3 is 2.24 bits per heavy atom. The third-order valence-corrected chi connectivity index (χ3v) is 1.41. The molecule has 0 aliphatic rings. The van der Waals surface area contributed by atoms with Crippen LogP contribution < -0.4 is 28.2 Å². The summed E-state index contributed by atoms with van der Waals surface area (Å²) in [5, 5.41) is 0. The minimum atomic E-state index is -4.94. The quantitative estimate of drug-likeness (QED) is 0.387. The number of methoxy groups -OCH3 is 1. The molecule has 0 saturated heterocycles. The first-order valence-corrected chi connectivity index (χ1v) is 5.27. The second-order valence-corrected chi connectivity index (χ2v) is 3.26. The van der Waals surface area contributed by atoms with Crippen LogP contribution in [0.2, 0.25) is 0 Å². The summed E-state index contributed by atoms with van der Waals surface area (Å²) in [5.74, 6) is -0.374. The first-order chi connectivity index (χ1) is 7.77. The van der Waals surface area contributed by atoms with Gasteiger partial charge in [0.05, 0.1) is 7.11 Å². The molecule has 0 aromatic carbocycles. The number of carbonyl (C=O) groups excluding carboxylic acids is 1. The van der Waals surface area contributed by atoms with Gasteiger partial charge in [0.15, 0.2) is 0 Å². The fraction of sp³-hybridized carbons (Fsp3) is 0.250. The zero-order valence-electron chi connectivity index (χ0n) is 8.99. The molecule has 0 aliphatic heterocycles. The Morgan fingerprint density at radius 2 is 1.82 bits per heavy atom. The van der Waals surface area contributed by atoms with Gasteiger partial charge in [0.25, 0.3) is 0 Å². The lowest BCUT2D eigenvalue weighted by atomic mass is 10.3. The summed E-state index contributed by atoms with van der Waals surface area (Å²) in [6.45, 7) is 0. The maximum atomic E-state index is 11.0. The van der Waals surface area contributed by atoms with E-state index in [4.69, 9.17) is 23.5 Å². The molecular weight excluding hydrogens is 258 g/mol. The van der Waals surface area contributed by atoms with E-state index in [1.54, 1.807) is 24.5 Å². The number of esters is 1. The van der Waals surface area contributed by atoms with E-state index in [2.05, 4.69) is 4.74 Å². The molecule has 0 aliphatic carbocycles. The number of hydrogen-bond acceptors (Lipinski definition) is 7. The molecule has 1 heterocycles. The van der Waals surface area contributed by atoms with Gasteiger partial charge < -0.3 is 4.74 Å². The maximum Gasteiger partial charge on any atom is 0.344 e. The molecule has 96 valence electrons. The van der Waals surface area contributed by atoms with Gasteiger partial charge in [-0.1, -0.05) is 0 Å². The fourth-order valence-corrected chi connectivity index (χ4v) is 0.807. The third kappa shape index (κ3) is 8.37. The molecule has 8 nitrogen and oxygen atoms in total. The highest BCUT2D eigenvalue weighted by atomic mass is 35.7. The number of nitrogens with zero attached hydrogens (tertiary/aromatic N) is 1. The van der Waals surface area contributed by atoms with E-state index < -0.39 is 10.2 Å². The summed E-state index contributed by atoms with van der Waals surface area (Å²) < 4.78 is 39.9. The zero-order chi connectivity index (χ0) is 13.5. The minimum absolute atomic E-state index is 0.374. The molecule has 0 amide bonds. The Bertz CT molecular complexity index is 359. The normalized spacial score (nSPS) is 10.0. The van der Waals surface area contributed by atoms with Crippen molar-refractivity contribution in [2.45, 2.75) is 0 Å². The lowest BCUT2D eigenvalue weighted by Gasteiger charge is -2.17. The number of pyridine rings is 1. The molecule has 0 radical (unpaired) electrons. The average molecular weight is 268 g/mol. The van der Waals surface area contributed by atoms with E-state index in [1.165, 1.54) is 19.0 Å². The molecule has 17 heavy (non-hydrogen) atoms. The summed E-state index contributed by atoms with van der Waals surface area (Å²) in [6, 6.07) is 3.36. The van der Waals surface area contributed by atoms with E-state index >= 15 is 0 Å². The lowest BCUT2D eigenvalue weighted by molar-refractivity contribution is -2.00. The van der Waals surface area contributed by atoms with Crippen LogP contribution in [0.25, 0.3) is 0 Å². The number of rotatable bonds is 2. The second kappa shape index (κ2) is 6.99. The van der Waals surface area contributed by atoms with Crippen LogP contribution in [0.5, 0.6) is 0 Å². The van der Waals surface area contributed by atoms with Gasteiger partial charge in [-0.25, -0.2) is 23.4 Å². The van der Waals surface area contributed by atoms with Gasteiger partial charge in [0.1, 0.15) is 12.7 Å². The number of hydrogen-bond donors (Lipinski definition) is 0. The van der Waals surface area contributed by atoms with Crippen LogP contribution in [0.15, 0.2) is 24.5 Å². The van der Waals surface area contributed by atoms with Gasteiger partial charge in [0, 0.05) is 10.8 Å². The summed E-state index contributed by atoms with van der Waals surface area (Å²) in [5.41, 5.74) is 0.460. The van der Waals surface area contributed by atoms with Crippen molar-refractivity contribution < 1.29 is 48.0 Å². The van der Waals surface area contributed by atoms with Crippen LogP contribution >= 0.6 is 0 Å². The Morgan fingerprint density at radius 1 is 1.29 bits per heavy atom. The van der Waals surface area contributed by atoms with E-state index in [9.17, 15) is 4.79 Å². The van der Waals surface area contributed by atoms with Crippen LogP contribution in [0.3, 0.4) is 0 Å². The summed E-state index contributed by atoms with van der Waals surface area (Å²) >= 11 is 0. The Balaban J connectivity index is 0.000000437. The molecule has 0 unspecified atom stereocenters. The molecule has 1 aromatic heterocycles. The van der Waals surface area contributed by atoms with Crippen molar-refractivity contribution >= 4 is 5.97 Å². The molecule has 0 fully saturated rings. The van der Waals surface area contributed by atoms with E-state index in [0.29, 0.717) is 5.56 Å². The summed E-state index contributed by atoms with van der Waals surface area (Å²) in [4.78, 5) is 15.8. The number of carbonyl (C=O) groups is 1. The second-order valence-electron chi connectivity index (χ2n) is 2.50. The van der Waals surface area contributed by atoms with Crippen molar-refractivity contribution in [3.63, 3.8) is 0 Å². The first-order valence-electron chi connectivity index (χ1n) is 4.03. The standard InChI is InChI=1S/C8H10NO3.ClHO4/c1-11-8(10)7-4-3-5-9(6-7)12-2;2-1(3,4)5/h3-6H,1-2H3;(H,2,3,4,5)/q+1;/p-1. The van der Waals surface area contributed by atoms with Crippen molar-refractivity contribution in [3.05, 3.63) is 30.1 Å². The fourth-order valence-electron chi connectivity index (χ4n) is 0.807. The molecule has 0 spiro atoms. The molecule has 1 rings (SSSR count).